The molecule has 10 aromatic rings. The van der Waals surface area contributed by atoms with E-state index in [1.165, 1.54) is 122 Å². The van der Waals surface area contributed by atoms with Crippen LogP contribution in [0.1, 0.15) is 37.8 Å². The van der Waals surface area contributed by atoms with Crippen molar-refractivity contribution in [1.29, 1.82) is 0 Å². The summed E-state index contributed by atoms with van der Waals surface area (Å²) < 4.78 is 0. The van der Waals surface area contributed by atoms with Crippen LogP contribution in [0.3, 0.4) is 0 Å². The van der Waals surface area contributed by atoms with Gasteiger partial charge in [0.1, 0.15) is 0 Å². The normalized spacial score (nSPS) is 12.1. The van der Waals surface area contributed by atoms with E-state index in [-0.39, 0.29) is 0 Å². The molecule has 238 valence electrons. The molecule has 0 aliphatic carbocycles. The highest BCUT2D eigenvalue weighted by Gasteiger charge is 2.20. The van der Waals surface area contributed by atoms with Gasteiger partial charge >= 0.3 is 0 Å². The lowest BCUT2D eigenvalue weighted by molar-refractivity contribution is 0.795. The molecule has 0 atom stereocenters. The second-order valence-corrected chi connectivity index (χ2v) is 14.2. The minimum Gasteiger partial charge on any atom is -0.0654 e. The van der Waals surface area contributed by atoms with E-state index in [1.807, 2.05) is 0 Å². The Balaban J connectivity index is 1.23. The highest BCUT2D eigenvalue weighted by molar-refractivity contribution is 6.32. The van der Waals surface area contributed by atoms with Crippen molar-refractivity contribution in [2.24, 2.45) is 0 Å². The summed E-state index contributed by atoms with van der Waals surface area (Å²) in [6.07, 6.45) is 4.60. The van der Waals surface area contributed by atoms with Gasteiger partial charge in [-0.3, -0.25) is 0 Å². The second kappa shape index (κ2) is 11.4. The molecule has 0 radical (unpaired) electrons. The molecule has 50 heavy (non-hydrogen) atoms. The summed E-state index contributed by atoms with van der Waals surface area (Å²) in [5.41, 5.74) is 10.6. The van der Waals surface area contributed by atoms with E-state index in [2.05, 4.69) is 159 Å². The lowest BCUT2D eigenvalue weighted by Gasteiger charge is -2.20. The fourth-order valence-electron chi connectivity index (χ4n) is 8.84. The first-order valence-corrected chi connectivity index (χ1v) is 18.3. The molecule has 0 aliphatic heterocycles. The van der Waals surface area contributed by atoms with Crippen LogP contribution in [0, 0.1) is 0 Å². The Morgan fingerprint density at radius 2 is 0.820 bits per heavy atom. The number of benzene rings is 10. The zero-order chi connectivity index (χ0) is 33.3. The van der Waals surface area contributed by atoms with Crippen molar-refractivity contribution >= 4 is 64.6 Å². The van der Waals surface area contributed by atoms with Crippen LogP contribution in [-0.4, -0.2) is 0 Å². The molecule has 0 N–H and O–H groups in total. The summed E-state index contributed by atoms with van der Waals surface area (Å²) in [6.45, 7) is 4.50. The summed E-state index contributed by atoms with van der Waals surface area (Å²) in [6, 6.07) is 55.6. The van der Waals surface area contributed by atoms with E-state index in [1.54, 1.807) is 0 Å². The van der Waals surface area contributed by atoms with Crippen LogP contribution < -0.4 is 0 Å². The van der Waals surface area contributed by atoms with Crippen LogP contribution in [0.15, 0.2) is 146 Å². The zero-order valence-electron chi connectivity index (χ0n) is 28.7. The van der Waals surface area contributed by atoms with Crippen molar-refractivity contribution in [1.82, 2.24) is 0 Å². The maximum Gasteiger partial charge on any atom is -0.00201 e. The van der Waals surface area contributed by atoms with Crippen LogP contribution in [0.25, 0.3) is 98.0 Å². The third-order valence-electron chi connectivity index (χ3n) is 11.3. The maximum atomic E-state index is 2.46. The van der Waals surface area contributed by atoms with Gasteiger partial charge in [0.05, 0.1) is 0 Å². The van der Waals surface area contributed by atoms with E-state index in [4.69, 9.17) is 0 Å². The molecule has 0 aromatic heterocycles. The van der Waals surface area contributed by atoms with Gasteiger partial charge in [-0.05, 0) is 141 Å². The predicted molar refractivity (Wildman–Crippen MR) is 218 cm³/mol. The Morgan fingerprint density at radius 1 is 0.360 bits per heavy atom. The Labute approximate surface area is 293 Å². The average Bonchev–Trinajstić information content (AvgIpc) is 3.18. The van der Waals surface area contributed by atoms with Crippen molar-refractivity contribution in [2.75, 3.05) is 0 Å². The van der Waals surface area contributed by atoms with Crippen molar-refractivity contribution < 1.29 is 0 Å². The van der Waals surface area contributed by atoms with Crippen molar-refractivity contribution in [3.8, 4) is 33.4 Å². The predicted octanol–water partition coefficient (Wildman–Crippen LogP) is 14.4. The second-order valence-electron chi connectivity index (χ2n) is 14.2. The summed E-state index contributed by atoms with van der Waals surface area (Å²) in [4.78, 5) is 0. The van der Waals surface area contributed by atoms with Crippen LogP contribution in [-0.2, 0) is 12.8 Å². The lowest BCUT2D eigenvalue weighted by atomic mass is 9.83. The van der Waals surface area contributed by atoms with Gasteiger partial charge in [0.15, 0.2) is 0 Å². The van der Waals surface area contributed by atoms with Crippen molar-refractivity contribution in [3.05, 3.63) is 157 Å². The summed E-state index contributed by atoms with van der Waals surface area (Å²) >= 11 is 0. The molecular weight excluding hydrogens is 601 g/mol. The molecule has 10 aromatic carbocycles. The fraction of sp³-hybridized carbons (Fsp3) is 0.120. The fourth-order valence-corrected chi connectivity index (χ4v) is 8.84. The number of rotatable bonds is 7. The van der Waals surface area contributed by atoms with E-state index in [0.717, 1.165) is 12.8 Å². The quantitative estimate of drug-likeness (QED) is 0.152. The number of aryl methyl sites for hydroxylation is 2. The smallest absolute Gasteiger partial charge is 0.00201 e. The Morgan fingerprint density at radius 3 is 1.36 bits per heavy atom. The molecule has 0 nitrogen and oxygen atoms in total. The number of unbranched alkanes of at least 4 members (excludes halogenated alkanes) is 1. The van der Waals surface area contributed by atoms with E-state index in [0.29, 0.717) is 0 Å². The topological polar surface area (TPSA) is 0 Å². The number of hydrogen-bond donors (Lipinski definition) is 0. The minimum absolute atomic E-state index is 1.04. The van der Waals surface area contributed by atoms with Gasteiger partial charge in [0.2, 0.25) is 0 Å². The van der Waals surface area contributed by atoms with Gasteiger partial charge < -0.3 is 0 Å². The molecule has 0 saturated carbocycles. The Kier molecular flexibility index (Phi) is 6.68. The molecule has 0 spiro atoms. The van der Waals surface area contributed by atoms with Crippen LogP contribution in [0.4, 0.5) is 0 Å². The summed E-state index contributed by atoms with van der Waals surface area (Å²) in [5, 5.41) is 16.0. The van der Waals surface area contributed by atoms with E-state index < -0.39 is 0 Å². The van der Waals surface area contributed by atoms with E-state index >= 15 is 0 Å². The van der Waals surface area contributed by atoms with Gasteiger partial charge in [0.25, 0.3) is 0 Å². The maximum absolute atomic E-state index is 2.46. The Bertz CT molecular complexity index is 2890. The highest BCUT2D eigenvalue weighted by atomic mass is 14.2. The largest absolute Gasteiger partial charge is 0.0654 e. The van der Waals surface area contributed by atoms with Crippen LogP contribution in [0.5, 0.6) is 0 Å². The summed E-state index contributed by atoms with van der Waals surface area (Å²) in [7, 11) is 0. The SMILES string of the molecule is CCCCc1cccc(-c2ccc3cc(-c4cc5ccc(-c6cccc(CC)c6)c6ccc7cccc4c7c56)c4cccc5ccc2c3c54)c1. The lowest BCUT2D eigenvalue weighted by Crippen LogP contribution is -1.93. The molecule has 0 bridgehead atoms. The first-order chi connectivity index (χ1) is 24.7. The average molecular weight is 639 g/mol. The van der Waals surface area contributed by atoms with E-state index in [9.17, 15) is 0 Å². The third kappa shape index (κ3) is 4.38. The number of hydrogen-bond acceptors (Lipinski definition) is 0. The van der Waals surface area contributed by atoms with Gasteiger partial charge in [-0.25, -0.2) is 0 Å². The molecule has 0 heteroatoms. The molecule has 0 saturated heterocycles. The van der Waals surface area contributed by atoms with Gasteiger partial charge in [-0.15, -0.1) is 0 Å². The van der Waals surface area contributed by atoms with Gasteiger partial charge in [-0.1, -0.05) is 154 Å². The monoisotopic (exact) mass is 638 g/mol. The molecule has 0 fully saturated rings. The molecule has 0 heterocycles. The van der Waals surface area contributed by atoms with Crippen molar-refractivity contribution in [2.45, 2.75) is 39.5 Å². The first kappa shape index (κ1) is 29.2. The highest BCUT2D eigenvalue weighted by Crippen LogP contribution is 2.48. The molecular formula is C50H38. The summed E-state index contributed by atoms with van der Waals surface area (Å²) in [5.74, 6) is 0. The molecule has 0 aliphatic rings. The molecule has 10 rings (SSSR count). The zero-order valence-corrected chi connectivity index (χ0v) is 28.7. The Hall–Kier alpha value is -5.72. The first-order valence-electron chi connectivity index (χ1n) is 18.3. The molecule has 0 unspecified atom stereocenters. The van der Waals surface area contributed by atoms with Crippen LogP contribution >= 0.6 is 0 Å². The van der Waals surface area contributed by atoms with Crippen LogP contribution in [0.2, 0.25) is 0 Å². The van der Waals surface area contributed by atoms with Crippen molar-refractivity contribution in [3.63, 3.8) is 0 Å². The van der Waals surface area contributed by atoms with Gasteiger partial charge in [0, 0.05) is 0 Å². The standard InChI is InChI=1S/C50H38/c1-3-5-10-32-12-7-16-36(28-32)40-24-22-38-30-46(42-18-9-14-34-20-26-44(40)50(38)48(34)42)45-29-37-21-23-39(35-15-6-11-31(4-2)27-35)43-25-19-33-13-8-17-41(45)47(33)49(37)43/h6-9,11-30H,3-5,10H2,1-2H3. The minimum atomic E-state index is 1.04. The third-order valence-corrected chi connectivity index (χ3v) is 11.3. The van der Waals surface area contributed by atoms with Gasteiger partial charge in [-0.2, -0.15) is 0 Å². The molecule has 0 amide bonds.